The molecule has 0 bridgehead atoms. The Hall–Kier alpha value is -2.70. The molecule has 1 aliphatic heterocycles. The summed E-state index contributed by atoms with van der Waals surface area (Å²) in [6.07, 6.45) is 3.19. The summed E-state index contributed by atoms with van der Waals surface area (Å²) in [5.74, 6) is 0.302. The molecule has 0 amide bonds. The zero-order chi connectivity index (χ0) is 15.5. The van der Waals surface area contributed by atoms with Gasteiger partial charge in [0, 0.05) is 12.2 Å². The molecular weight excluding hydrogens is 284 g/mol. The molecule has 114 valence electrons. The third-order valence-electron chi connectivity index (χ3n) is 3.60. The second kappa shape index (κ2) is 5.97. The standard InChI is InChI=1S/C15H16N4O3/c1-2-22-15-13(19(20)21)14(16-10-17-15)18-9-5-7-11-6-3-4-8-12(11)18/h3-4,6,8,10H,2,5,7,9H2,1H3. The molecule has 3 rings (SSSR count). The number of rotatable bonds is 4. The number of fused-ring (bicyclic) bond motifs is 1. The number of benzene rings is 1. The van der Waals surface area contributed by atoms with Gasteiger partial charge in [-0.2, -0.15) is 4.98 Å². The molecule has 0 aliphatic carbocycles. The third-order valence-corrected chi connectivity index (χ3v) is 3.60. The molecule has 0 spiro atoms. The van der Waals surface area contributed by atoms with Gasteiger partial charge >= 0.3 is 5.69 Å². The van der Waals surface area contributed by atoms with E-state index in [1.54, 1.807) is 6.92 Å². The van der Waals surface area contributed by atoms with Crippen molar-refractivity contribution < 1.29 is 9.66 Å². The SMILES string of the molecule is CCOc1ncnc(N2CCCc3ccccc32)c1[N+](=O)[O-]. The highest BCUT2D eigenvalue weighted by Gasteiger charge is 2.30. The van der Waals surface area contributed by atoms with Crippen LogP contribution in [0, 0.1) is 10.1 Å². The van der Waals surface area contributed by atoms with Crippen LogP contribution in [-0.2, 0) is 6.42 Å². The predicted molar refractivity (Wildman–Crippen MR) is 81.6 cm³/mol. The van der Waals surface area contributed by atoms with Crippen molar-refractivity contribution in [2.24, 2.45) is 0 Å². The van der Waals surface area contributed by atoms with Crippen molar-refractivity contribution in [3.63, 3.8) is 0 Å². The molecule has 0 atom stereocenters. The molecule has 0 saturated heterocycles. The van der Waals surface area contributed by atoms with Crippen LogP contribution in [0.25, 0.3) is 0 Å². The lowest BCUT2D eigenvalue weighted by molar-refractivity contribution is -0.385. The second-order valence-corrected chi connectivity index (χ2v) is 4.93. The van der Waals surface area contributed by atoms with Gasteiger partial charge in [0.25, 0.3) is 5.88 Å². The lowest BCUT2D eigenvalue weighted by Gasteiger charge is -2.29. The monoisotopic (exact) mass is 300 g/mol. The van der Waals surface area contributed by atoms with E-state index >= 15 is 0 Å². The number of para-hydroxylation sites is 1. The molecule has 1 aliphatic rings. The van der Waals surface area contributed by atoms with Crippen LogP contribution in [0.1, 0.15) is 18.9 Å². The van der Waals surface area contributed by atoms with Gasteiger partial charge in [0.2, 0.25) is 5.82 Å². The fourth-order valence-corrected chi connectivity index (χ4v) is 2.71. The van der Waals surface area contributed by atoms with Gasteiger partial charge < -0.3 is 9.64 Å². The van der Waals surface area contributed by atoms with E-state index in [1.807, 2.05) is 29.2 Å². The van der Waals surface area contributed by atoms with Crippen molar-refractivity contribution in [3.8, 4) is 5.88 Å². The highest BCUT2D eigenvalue weighted by Crippen LogP contribution is 2.40. The molecule has 1 aromatic carbocycles. The third kappa shape index (κ3) is 2.45. The quantitative estimate of drug-likeness (QED) is 0.638. The van der Waals surface area contributed by atoms with Gasteiger partial charge in [-0.05, 0) is 31.4 Å². The molecule has 2 aromatic rings. The molecule has 7 nitrogen and oxygen atoms in total. The van der Waals surface area contributed by atoms with E-state index in [0.717, 1.165) is 18.5 Å². The van der Waals surface area contributed by atoms with Crippen LogP contribution < -0.4 is 9.64 Å². The number of nitro groups is 1. The lowest BCUT2D eigenvalue weighted by atomic mass is 10.0. The highest BCUT2D eigenvalue weighted by atomic mass is 16.6. The Balaban J connectivity index is 2.13. The van der Waals surface area contributed by atoms with Gasteiger partial charge in [-0.1, -0.05) is 18.2 Å². The van der Waals surface area contributed by atoms with Crippen molar-refractivity contribution in [1.82, 2.24) is 9.97 Å². The van der Waals surface area contributed by atoms with Crippen molar-refractivity contribution in [3.05, 3.63) is 46.3 Å². The number of nitrogens with zero attached hydrogens (tertiary/aromatic N) is 4. The molecule has 1 aromatic heterocycles. The minimum Gasteiger partial charge on any atom is -0.473 e. The summed E-state index contributed by atoms with van der Waals surface area (Å²) >= 11 is 0. The van der Waals surface area contributed by atoms with E-state index in [0.29, 0.717) is 13.2 Å². The second-order valence-electron chi connectivity index (χ2n) is 4.93. The number of ether oxygens (including phenoxy) is 1. The zero-order valence-electron chi connectivity index (χ0n) is 12.2. The summed E-state index contributed by atoms with van der Waals surface area (Å²) < 4.78 is 5.30. The van der Waals surface area contributed by atoms with Crippen LogP contribution >= 0.6 is 0 Å². The van der Waals surface area contributed by atoms with Gasteiger partial charge in [-0.15, -0.1) is 0 Å². The first kappa shape index (κ1) is 14.2. The molecule has 7 heteroatoms. The molecule has 2 heterocycles. The number of hydrogen-bond donors (Lipinski definition) is 0. The summed E-state index contributed by atoms with van der Waals surface area (Å²) in [5.41, 5.74) is 1.94. The number of aromatic nitrogens is 2. The van der Waals surface area contributed by atoms with Crippen molar-refractivity contribution in [2.75, 3.05) is 18.1 Å². The molecule has 0 radical (unpaired) electrons. The fourth-order valence-electron chi connectivity index (χ4n) is 2.71. The maximum absolute atomic E-state index is 11.5. The van der Waals surface area contributed by atoms with E-state index in [9.17, 15) is 10.1 Å². The largest absolute Gasteiger partial charge is 0.473 e. The first-order chi connectivity index (χ1) is 10.7. The Morgan fingerprint density at radius 3 is 2.95 bits per heavy atom. The zero-order valence-corrected chi connectivity index (χ0v) is 12.2. The van der Waals surface area contributed by atoms with Crippen LogP contribution in [-0.4, -0.2) is 28.0 Å². The Morgan fingerprint density at radius 1 is 1.36 bits per heavy atom. The average molecular weight is 300 g/mol. The minimum absolute atomic E-state index is 0.0144. The lowest BCUT2D eigenvalue weighted by Crippen LogP contribution is -2.26. The van der Waals surface area contributed by atoms with Crippen LogP contribution in [0.15, 0.2) is 30.6 Å². The molecular formula is C15H16N4O3. The number of anilines is 2. The van der Waals surface area contributed by atoms with Crippen molar-refractivity contribution in [2.45, 2.75) is 19.8 Å². The molecule has 22 heavy (non-hydrogen) atoms. The van der Waals surface area contributed by atoms with Gasteiger partial charge in [0.15, 0.2) is 0 Å². The summed E-state index contributed by atoms with van der Waals surface area (Å²) in [6, 6.07) is 7.90. The van der Waals surface area contributed by atoms with Gasteiger partial charge in [0.1, 0.15) is 6.33 Å². The van der Waals surface area contributed by atoms with E-state index in [2.05, 4.69) is 9.97 Å². The van der Waals surface area contributed by atoms with Crippen LogP contribution in [0.5, 0.6) is 5.88 Å². The summed E-state index contributed by atoms with van der Waals surface area (Å²) in [7, 11) is 0. The summed E-state index contributed by atoms with van der Waals surface area (Å²) in [5, 5.41) is 11.5. The van der Waals surface area contributed by atoms with Gasteiger partial charge in [0.05, 0.1) is 11.5 Å². The smallest absolute Gasteiger partial charge is 0.373 e. The fraction of sp³-hybridized carbons (Fsp3) is 0.333. The van der Waals surface area contributed by atoms with Crippen LogP contribution in [0.2, 0.25) is 0 Å². The number of hydrogen-bond acceptors (Lipinski definition) is 6. The minimum atomic E-state index is -0.475. The summed E-state index contributed by atoms with van der Waals surface area (Å²) in [4.78, 5) is 21.0. The molecule has 0 fully saturated rings. The van der Waals surface area contributed by atoms with E-state index < -0.39 is 4.92 Å². The first-order valence-electron chi connectivity index (χ1n) is 7.20. The maximum Gasteiger partial charge on any atom is 0.373 e. The normalized spacial score (nSPS) is 13.6. The average Bonchev–Trinajstić information content (AvgIpc) is 2.54. The topological polar surface area (TPSA) is 81.4 Å². The van der Waals surface area contributed by atoms with E-state index in [1.165, 1.54) is 11.9 Å². The van der Waals surface area contributed by atoms with E-state index in [-0.39, 0.29) is 17.4 Å². The molecule has 0 N–H and O–H groups in total. The van der Waals surface area contributed by atoms with Gasteiger partial charge in [-0.3, -0.25) is 10.1 Å². The Bertz CT molecular complexity index is 705. The number of aryl methyl sites for hydroxylation is 1. The van der Waals surface area contributed by atoms with Crippen molar-refractivity contribution >= 4 is 17.2 Å². The predicted octanol–water partition coefficient (Wildman–Crippen LogP) is 2.87. The Kier molecular flexibility index (Phi) is 3.86. The Morgan fingerprint density at radius 2 is 2.18 bits per heavy atom. The first-order valence-corrected chi connectivity index (χ1v) is 7.20. The van der Waals surface area contributed by atoms with Gasteiger partial charge in [-0.25, -0.2) is 4.98 Å². The maximum atomic E-state index is 11.5. The molecule has 0 unspecified atom stereocenters. The van der Waals surface area contributed by atoms with Crippen LogP contribution in [0.4, 0.5) is 17.2 Å². The van der Waals surface area contributed by atoms with Crippen LogP contribution in [0.3, 0.4) is 0 Å². The Labute approximate surface area is 127 Å². The highest BCUT2D eigenvalue weighted by molar-refractivity contribution is 5.73. The van der Waals surface area contributed by atoms with E-state index in [4.69, 9.17) is 4.74 Å². The summed E-state index contributed by atoms with van der Waals surface area (Å²) in [6.45, 7) is 2.76. The molecule has 0 saturated carbocycles. The van der Waals surface area contributed by atoms with Crippen molar-refractivity contribution in [1.29, 1.82) is 0 Å².